The molecule has 34 heavy (non-hydrogen) atoms. The summed E-state index contributed by atoms with van der Waals surface area (Å²) in [4.78, 5) is 35.7. The van der Waals surface area contributed by atoms with Gasteiger partial charge in [0.05, 0.1) is 28.9 Å². The number of carbonyl (C=O) groups is 1. The van der Waals surface area contributed by atoms with Crippen LogP contribution < -0.4 is 5.56 Å². The minimum atomic E-state index is -0.485. The number of fused-ring (bicyclic) bond motifs is 1. The van der Waals surface area contributed by atoms with Gasteiger partial charge < -0.3 is 14.2 Å². The number of amides is 1. The number of carbonyl (C=O) groups excluding carboxylic acids is 1. The maximum absolute atomic E-state index is 13.7. The standard InChI is InChI=1S/C27H30N4O3/c1-5-20-12-14-21(15-13-20)31-25(28-23-10-7-6-9-22(23)26(31)32)19(2)30(17-16-29(3)4)27(33)24-11-8-18-34-24/h6-15,18-19H,5,16-17H2,1-4H3. The van der Waals surface area contributed by atoms with E-state index in [-0.39, 0.29) is 17.2 Å². The Labute approximate surface area is 199 Å². The Kier molecular flexibility index (Phi) is 6.93. The van der Waals surface area contributed by atoms with Gasteiger partial charge in [0.2, 0.25) is 0 Å². The van der Waals surface area contributed by atoms with Crippen LogP contribution in [-0.4, -0.2) is 52.4 Å². The largest absolute Gasteiger partial charge is 0.459 e. The topological polar surface area (TPSA) is 71.6 Å². The normalized spacial score (nSPS) is 12.3. The molecule has 0 radical (unpaired) electrons. The van der Waals surface area contributed by atoms with Crippen molar-refractivity contribution >= 4 is 16.8 Å². The van der Waals surface area contributed by atoms with Gasteiger partial charge >= 0.3 is 0 Å². The number of aromatic nitrogens is 2. The third kappa shape index (κ3) is 4.65. The van der Waals surface area contributed by atoms with Crippen molar-refractivity contribution in [3.05, 3.63) is 94.4 Å². The molecule has 0 N–H and O–H groups in total. The highest BCUT2D eigenvalue weighted by molar-refractivity contribution is 5.91. The van der Waals surface area contributed by atoms with Crippen molar-refractivity contribution in [1.29, 1.82) is 0 Å². The summed E-state index contributed by atoms with van der Waals surface area (Å²) in [7, 11) is 3.92. The number of furan rings is 1. The summed E-state index contributed by atoms with van der Waals surface area (Å²) in [6.45, 7) is 5.10. The molecule has 2 heterocycles. The van der Waals surface area contributed by atoms with Gasteiger partial charge in [0, 0.05) is 13.1 Å². The Morgan fingerprint density at radius 2 is 1.76 bits per heavy atom. The predicted molar refractivity (Wildman–Crippen MR) is 133 cm³/mol. The molecule has 0 saturated carbocycles. The van der Waals surface area contributed by atoms with E-state index in [2.05, 4.69) is 6.92 Å². The molecule has 0 saturated heterocycles. The number of para-hydroxylation sites is 1. The van der Waals surface area contributed by atoms with Crippen molar-refractivity contribution in [3.8, 4) is 5.69 Å². The van der Waals surface area contributed by atoms with Crippen LogP contribution in [0, 0.1) is 0 Å². The van der Waals surface area contributed by atoms with Crippen molar-refractivity contribution in [2.45, 2.75) is 26.3 Å². The zero-order valence-corrected chi connectivity index (χ0v) is 20.1. The number of hydrogen-bond acceptors (Lipinski definition) is 5. The summed E-state index contributed by atoms with van der Waals surface area (Å²) in [5.41, 5.74) is 2.35. The van der Waals surface area contributed by atoms with E-state index in [1.54, 1.807) is 27.7 Å². The Bertz CT molecular complexity index is 1320. The van der Waals surface area contributed by atoms with E-state index in [0.717, 1.165) is 12.1 Å². The Morgan fingerprint density at radius 3 is 2.41 bits per heavy atom. The molecule has 2 aromatic heterocycles. The van der Waals surface area contributed by atoms with Crippen LogP contribution >= 0.6 is 0 Å². The lowest BCUT2D eigenvalue weighted by Crippen LogP contribution is -2.40. The molecule has 4 aromatic rings. The number of hydrogen-bond donors (Lipinski definition) is 0. The van der Waals surface area contributed by atoms with E-state index >= 15 is 0 Å². The van der Waals surface area contributed by atoms with Crippen LogP contribution in [0.4, 0.5) is 0 Å². The minimum Gasteiger partial charge on any atom is -0.459 e. The molecule has 0 aliphatic heterocycles. The van der Waals surface area contributed by atoms with Gasteiger partial charge in [-0.3, -0.25) is 14.2 Å². The van der Waals surface area contributed by atoms with Gasteiger partial charge in [0.25, 0.3) is 11.5 Å². The second-order valence-corrected chi connectivity index (χ2v) is 8.60. The fourth-order valence-corrected chi connectivity index (χ4v) is 4.02. The lowest BCUT2D eigenvalue weighted by Gasteiger charge is -2.31. The summed E-state index contributed by atoms with van der Waals surface area (Å²) in [6, 6.07) is 18.1. The molecule has 1 unspecified atom stereocenters. The van der Waals surface area contributed by atoms with E-state index in [4.69, 9.17) is 9.40 Å². The van der Waals surface area contributed by atoms with Gasteiger partial charge in [-0.2, -0.15) is 0 Å². The maximum atomic E-state index is 13.7. The second-order valence-electron chi connectivity index (χ2n) is 8.60. The van der Waals surface area contributed by atoms with E-state index in [0.29, 0.717) is 29.8 Å². The molecule has 7 heteroatoms. The molecule has 0 spiro atoms. The van der Waals surface area contributed by atoms with Crippen LogP contribution in [0.25, 0.3) is 16.6 Å². The molecule has 176 valence electrons. The van der Waals surface area contributed by atoms with Gasteiger partial charge in [-0.05, 0) is 69.4 Å². The SMILES string of the molecule is CCc1ccc(-n2c(C(C)N(CCN(C)C)C(=O)c3ccco3)nc3ccccc3c2=O)cc1. The molecular formula is C27H30N4O3. The first-order valence-corrected chi connectivity index (χ1v) is 11.5. The predicted octanol–water partition coefficient (Wildman–Crippen LogP) is 4.31. The summed E-state index contributed by atoms with van der Waals surface area (Å²) in [5.74, 6) is 0.522. The molecular weight excluding hydrogens is 428 g/mol. The third-order valence-corrected chi connectivity index (χ3v) is 6.03. The average Bonchev–Trinajstić information content (AvgIpc) is 3.39. The van der Waals surface area contributed by atoms with Gasteiger partial charge in [-0.1, -0.05) is 31.2 Å². The van der Waals surface area contributed by atoms with Gasteiger partial charge in [-0.15, -0.1) is 0 Å². The highest BCUT2D eigenvalue weighted by Crippen LogP contribution is 2.25. The number of benzene rings is 2. The smallest absolute Gasteiger partial charge is 0.290 e. The van der Waals surface area contributed by atoms with Crippen LogP contribution in [0.1, 0.15) is 41.8 Å². The first-order chi connectivity index (χ1) is 16.4. The highest BCUT2D eigenvalue weighted by Gasteiger charge is 2.29. The fourth-order valence-electron chi connectivity index (χ4n) is 4.02. The van der Waals surface area contributed by atoms with Crippen molar-refractivity contribution in [1.82, 2.24) is 19.4 Å². The number of rotatable bonds is 8. The zero-order valence-electron chi connectivity index (χ0n) is 20.1. The van der Waals surface area contributed by atoms with E-state index in [9.17, 15) is 9.59 Å². The monoisotopic (exact) mass is 458 g/mol. The van der Waals surface area contributed by atoms with Crippen LogP contribution in [0.3, 0.4) is 0 Å². The van der Waals surface area contributed by atoms with Gasteiger partial charge in [0.15, 0.2) is 5.76 Å². The van der Waals surface area contributed by atoms with E-state index < -0.39 is 6.04 Å². The average molecular weight is 459 g/mol. The zero-order chi connectivity index (χ0) is 24.2. The van der Waals surface area contributed by atoms with Crippen molar-refractivity contribution in [2.24, 2.45) is 0 Å². The van der Waals surface area contributed by atoms with Crippen LogP contribution in [0.5, 0.6) is 0 Å². The molecule has 0 aliphatic rings. The molecule has 0 fully saturated rings. The lowest BCUT2D eigenvalue weighted by molar-refractivity contribution is 0.0634. The highest BCUT2D eigenvalue weighted by atomic mass is 16.3. The Balaban J connectivity index is 1.89. The number of nitrogens with zero attached hydrogens (tertiary/aromatic N) is 4. The fraction of sp³-hybridized carbons (Fsp3) is 0.296. The first kappa shape index (κ1) is 23.4. The Hall–Kier alpha value is -3.71. The molecule has 0 aliphatic carbocycles. The van der Waals surface area contributed by atoms with Crippen LogP contribution in [0.15, 0.2) is 76.1 Å². The van der Waals surface area contributed by atoms with E-state index in [1.807, 2.05) is 68.4 Å². The number of aryl methyl sites for hydroxylation is 1. The Morgan fingerprint density at radius 1 is 1.03 bits per heavy atom. The van der Waals surface area contributed by atoms with Crippen molar-refractivity contribution in [3.63, 3.8) is 0 Å². The second kappa shape index (κ2) is 10.1. The summed E-state index contributed by atoms with van der Waals surface area (Å²) >= 11 is 0. The minimum absolute atomic E-state index is 0.158. The molecule has 2 aromatic carbocycles. The maximum Gasteiger partial charge on any atom is 0.290 e. The van der Waals surface area contributed by atoms with Gasteiger partial charge in [-0.25, -0.2) is 4.98 Å². The molecule has 0 bridgehead atoms. The molecule has 1 amide bonds. The summed E-state index contributed by atoms with van der Waals surface area (Å²) in [6.07, 6.45) is 2.39. The number of likely N-dealkylation sites (N-methyl/N-ethyl adjacent to an activating group) is 1. The lowest BCUT2D eigenvalue weighted by atomic mass is 10.1. The quantitative estimate of drug-likeness (QED) is 0.394. The van der Waals surface area contributed by atoms with E-state index in [1.165, 1.54) is 11.8 Å². The van der Waals surface area contributed by atoms with Crippen molar-refractivity contribution < 1.29 is 9.21 Å². The van der Waals surface area contributed by atoms with Crippen LogP contribution in [0.2, 0.25) is 0 Å². The van der Waals surface area contributed by atoms with Crippen LogP contribution in [-0.2, 0) is 6.42 Å². The third-order valence-electron chi connectivity index (χ3n) is 6.03. The molecule has 4 rings (SSSR count). The summed E-state index contributed by atoms with van der Waals surface area (Å²) in [5, 5.41) is 0.537. The van der Waals surface area contributed by atoms with Crippen molar-refractivity contribution in [2.75, 3.05) is 27.2 Å². The van der Waals surface area contributed by atoms with Gasteiger partial charge in [0.1, 0.15) is 5.82 Å². The molecule has 7 nitrogen and oxygen atoms in total. The summed E-state index contributed by atoms with van der Waals surface area (Å²) < 4.78 is 7.04. The molecule has 1 atom stereocenters. The first-order valence-electron chi connectivity index (χ1n) is 11.5.